The predicted molar refractivity (Wildman–Crippen MR) is 105 cm³/mol. The topological polar surface area (TPSA) is 131 Å². The first-order chi connectivity index (χ1) is 14.1. The van der Waals surface area contributed by atoms with Gasteiger partial charge in [0.15, 0.2) is 0 Å². The van der Waals surface area contributed by atoms with E-state index in [1.165, 1.54) is 6.33 Å². The van der Waals surface area contributed by atoms with Crippen molar-refractivity contribution in [2.75, 3.05) is 38.6 Å². The number of morpholine rings is 1. The minimum absolute atomic E-state index is 0.0692. The Morgan fingerprint density at radius 3 is 3.07 bits per heavy atom. The zero-order valence-corrected chi connectivity index (χ0v) is 16.1. The molecule has 29 heavy (non-hydrogen) atoms. The molecule has 0 aliphatic carbocycles. The van der Waals surface area contributed by atoms with E-state index in [9.17, 15) is 10.2 Å². The lowest BCUT2D eigenvalue weighted by Gasteiger charge is -2.45. The molecule has 156 valence electrons. The van der Waals surface area contributed by atoms with Crippen LogP contribution in [0, 0.1) is 0 Å². The Hall–Kier alpha value is -2.40. The van der Waals surface area contributed by atoms with Crippen LogP contribution in [0.4, 0.5) is 5.82 Å². The summed E-state index contributed by atoms with van der Waals surface area (Å²) >= 11 is 0. The van der Waals surface area contributed by atoms with Crippen LogP contribution in [0.25, 0.3) is 11.0 Å². The SMILES string of the molecule is Nc1ncnc2c1ccn2[C@@H]1O/C(=C\N2CCCC3(COCCN3)C2)[C@@H](O)[C@H]1O. The molecule has 0 radical (unpaired) electrons. The van der Waals surface area contributed by atoms with Gasteiger partial charge in [-0.25, -0.2) is 9.97 Å². The zero-order valence-electron chi connectivity index (χ0n) is 16.1. The van der Waals surface area contributed by atoms with Gasteiger partial charge in [0.25, 0.3) is 0 Å². The molecule has 0 aromatic carbocycles. The molecule has 5 rings (SSSR count). The van der Waals surface area contributed by atoms with Crippen LogP contribution >= 0.6 is 0 Å². The lowest BCUT2D eigenvalue weighted by atomic mass is 9.89. The number of nitrogen functional groups attached to an aromatic ring is 1. The van der Waals surface area contributed by atoms with Gasteiger partial charge in [-0.3, -0.25) is 4.57 Å². The number of ether oxygens (including phenoxy) is 2. The van der Waals surface area contributed by atoms with Crippen LogP contribution < -0.4 is 11.1 Å². The lowest BCUT2D eigenvalue weighted by molar-refractivity contribution is -0.0126. The number of anilines is 1. The summed E-state index contributed by atoms with van der Waals surface area (Å²) in [5, 5.41) is 25.5. The number of likely N-dealkylation sites (tertiary alicyclic amines) is 1. The molecular formula is C19H26N6O4. The molecule has 1 spiro atoms. The van der Waals surface area contributed by atoms with Crippen molar-refractivity contribution < 1.29 is 19.7 Å². The van der Waals surface area contributed by atoms with Crippen LogP contribution in [0.3, 0.4) is 0 Å². The average Bonchev–Trinajstić information content (AvgIpc) is 3.26. The van der Waals surface area contributed by atoms with Crippen molar-refractivity contribution in [3.63, 3.8) is 0 Å². The molecule has 5 N–H and O–H groups in total. The number of aliphatic hydroxyl groups excluding tert-OH is 2. The minimum Gasteiger partial charge on any atom is -0.467 e. The number of aromatic nitrogens is 3. The monoisotopic (exact) mass is 402 g/mol. The van der Waals surface area contributed by atoms with Crippen molar-refractivity contribution >= 4 is 16.9 Å². The van der Waals surface area contributed by atoms with Gasteiger partial charge < -0.3 is 35.6 Å². The molecule has 10 heteroatoms. The second-order valence-corrected chi connectivity index (χ2v) is 8.03. The van der Waals surface area contributed by atoms with E-state index in [1.807, 2.05) is 6.20 Å². The van der Waals surface area contributed by atoms with Gasteiger partial charge in [-0.15, -0.1) is 0 Å². The van der Waals surface area contributed by atoms with Gasteiger partial charge in [-0.2, -0.15) is 0 Å². The summed E-state index contributed by atoms with van der Waals surface area (Å²) in [5.74, 6) is 0.707. The van der Waals surface area contributed by atoms with Gasteiger partial charge in [-0.1, -0.05) is 0 Å². The Bertz CT molecular complexity index is 919. The normalized spacial score (nSPS) is 34.2. The number of rotatable bonds is 2. The average molecular weight is 402 g/mol. The Kier molecular flexibility index (Phi) is 4.58. The van der Waals surface area contributed by atoms with E-state index in [1.54, 1.807) is 16.8 Å². The fourth-order valence-corrected chi connectivity index (χ4v) is 4.55. The molecule has 3 fully saturated rings. The highest BCUT2D eigenvalue weighted by molar-refractivity contribution is 5.86. The number of aliphatic hydroxyl groups is 2. The van der Waals surface area contributed by atoms with E-state index >= 15 is 0 Å². The molecule has 2 aromatic heterocycles. The molecule has 3 aliphatic heterocycles. The number of hydrogen-bond donors (Lipinski definition) is 4. The maximum atomic E-state index is 10.6. The molecule has 3 aliphatic rings. The van der Waals surface area contributed by atoms with Gasteiger partial charge in [0.1, 0.15) is 35.8 Å². The van der Waals surface area contributed by atoms with Crippen LogP contribution in [0.1, 0.15) is 19.1 Å². The highest BCUT2D eigenvalue weighted by Gasteiger charge is 2.43. The number of fused-ring (bicyclic) bond motifs is 1. The second-order valence-electron chi connectivity index (χ2n) is 8.03. The van der Waals surface area contributed by atoms with Crippen LogP contribution in [0.5, 0.6) is 0 Å². The molecule has 10 nitrogen and oxygen atoms in total. The first kappa shape index (κ1) is 18.6. The largest absolute Gasteiger partial charge is 0.467 e. The fourth-order valence-electron chi connectivity index (χ4n) is 4.55. The summed E-state index contributed by atoms with van der Waals surface area (Å²) in [6.07, 6.45) is 3.96. The Balaban J connectivity index is 1.38. The third-order valence-electron chi connectivity index (χ3n) is 6.02. The third-order valence-corrected chi connectivity index (χ3v) is 6.02. The van der Waals surface area contributed by atoms with Gasteiger partial charge >= 0.3 is 0 Å². The zero-order chi connectivity index (χ0) is 20.0. The van der Waals surface area contributed by atoms with Gasteiger partial charge in [0, 0.05) is 32.0 Å². The molecule has 1 unspecified atom stereocenters. The molecule has 0 saturated carbocycles. The quantitative estimate of drug-likeness (QED) is 0.528. The molecule has 3 saturated heterocycles. The van der Waals surface area contributed by atoms with Crippen LogP contribution in [-0.2, 0) is 9.47 Å². The number of piperidine rings is 1. The van der Waals surface area contributed by atoms with Crippen LogP contribution in [0.2, 0.25) is 0 Å². The van der Waals surface area contributed by atoms with Crippen molar-refractivity contribution in [1.29, 1.82) is 0 Å². The number of hydrogen-bond acceptors (Lipinski definition) is 9. The number of nitrogens with two attached hydrogens (primary N) is 1. The summed E-state index contributed by atoms with van der Waals surface area (Å²) < 4.78 is 13.3. The number of nitrogens with zero attached hydrogens (tertiary/aromatic N) is 4. The Labute approximate surface area is 167 Å². The maximum Gasteiger partial charge on any atom is 0.206 e. The highest BCUT2D eigenvalue weighted by Crippen LogP contribution is 2.35. The summed E-state index contributed by atoms with van der Waals surface area (Å²) in [5.41, 5.74) is 6.38. The van der Waals surface area contributed by atoms with E-state index < -0.39 is 18.4 Å². The van der Waals surface area contributed by atoms with Gasteiger partial charge in [-0.05, 0) is 18.9 Å². The van der Waals surface area contributed by atoms with E-state index in [0.29, 0.717) is 29.2 Å². The third kappa shape index (κ3) is 3.21. The van der Waals surface area contributed by atoms with E-state index in [2.05, 4.69) is 20.2 Å². The molecule has 0 bridgehead atoms. The first-order valence-corrected chi connectivity index (χ1v) is 9.95. The molecule has 5 heterocycles. The van der Waals surface area contributed by atoms with Crippen LogP contribution in [0.15, 0.2) is 30.5 Å². The molecule has 4 atom stereocenters. The summed E-state index contributed by atoms with van der Waals surface area (Å²) in [7, 11) is 0. The van der Waals surface area contributed by atoms with Crippen molar-refractivity contribution in [1.82, 2.24) is 24.8 Å². The predicted octanol–water partition coefficient (Wildman–Crippen LogP) is -0.440. The highest BCUT2D eigenvalue weighted by atomic mass is 16.5. The summed E-state index contributed by atoms with van der Waals surface area (Å²) in [6, 6.07) is 1.78. The Morgan fingerprint density at radius 2 is 2.24 bits per heavy atom. The Morgan fingerprint density at radius 1 is 1.34 bits per heavy atom. The van der Waals surface area contributed by atoms with E-state index in [0.717, 1.165) is 39.1 Å². The smallest absolute Gasteiger partial charge is 0.206 e. The summed E-state index contributed by atoms with van der Waals surface area (Å²) in [6.45, 7) is 3.88. The fraction of sp³-hybridized carbons (Fsp3) is 0.579. The van der Waals surface area contributed by atoms with E-state index in [-0.39, 0.29) is 5.54 Å². The summed E-state index contributed by atoms with van der Waals surface area (Å²) in [4.78, 5) is 10.4. The van der Waals surface area contributed by atoms with Crippen molar-refractivity contribution in [2.24, 2.45) is 0 Å². The van der Waals surface area contributed by atoms with E-state index in [4.69, 9.17) is 15.2 Å². The lowest BCUT2D eigenvalue weighted by Crippen LogP contribution is -2.61. The van der Waals surface area contributed by atoms with Gasteiger partial charge in [0.2, 0.25) is 6.23 Å². The molecule has 2 aromatic rings. The van der Waals surface area contributed by atoms with Gasteiger partial charge in [0.05, 0.1) is 24.1 Å². The minimum atomic E-state index is -1.12. The van der Waals surface area contributed by atoms with Crippen LogP contribution in [-0.4, -0.2) is 80.2 Å². The number of nitrogens with one attached hydrogen (secondary N) is 1. The molecular weight excluding hydrogens is 376 g/mol. The molecule has 0 amide bonds. The van der Waals surface area contributed by atoms with Crippen molar-refractivity contribution in [3.05, 3.63) is 30.5 Å². The van der Waals surface area contributed by atoms with Crippen molar-refractivity contribution in [2.45, 2.75) is 36.8 Å². The standard InChI is InChI=1S/C19H26N6O4/c20-16-12-2-6-25(17(12)22-11-21-16)18-15(27)14(26)13(29-18)8-24-5-1-3-19(9-24)10-28-7-4-23-19/h2,6,8,11,14-15,18,23,26-27H,1,3-5,7,9-10H2,(H2,20,21,22)/b13-8-/t14-,15-,18-,19?/m1/s1. The second kappa shape index (κ2) is 7.13. The first-order valence-electron chi connectivity index (χ1n) is 9.95. The van der Waals surface area contributed by atoms with Crippen molar-refractivity contribution in [3.8, 4) is 0 Å². The maximum absolute atomic E-state index is 10.6.